The molecule has 0 unspecified atom stereocenters. The van der Waals surface area contributed by atoms with Gasteiger partial charge in [-0.15, -0.1) is 0 Å². The standard InChI is InChI=1S/C20H19N3O3/c1-2-22-18(25)15-10-6-7-11-16(15)23-17(24)12-13-20(22,23)19(26)21-14-8-4-3-5-9-14/h3-11H,2,12-13H2,1H3,(H,21,26)/t20-/m0/s1. The van der Waals surface area contributed by atoms with Gasteiger partial charge in [0, 0.05) is 25.1 Å². The van der Waals surface area contributed by atoms with Crippen molar-refractivity contribution in [2.75, 3.05) is 16.8 Å². The first kappa shape index (κ1) is 16.3. The van der Waals surface area contributed by atoms with E-state index in [4.69, 9.17) is 0 Å². The van der Waals surface area contributed by atoms with Crippen molar-refractivity contribution in [3.05, 3.63) is 60.2 Å². The molecule has 0 aliphatic carbocycles. The second-order valence-electron chi connectivity index (χ2n) is 6.43. The van der Waals surface area contributed by atoms with Gasteiger partial charge in [0.15, 0.2) is 0 Å². The fourth-order valence-electron chi connectivity index (χ4n) is 3.96. The largest absolute Gasteiger partial charge is 0.322 e. The summed E-state index contributed by atoms with van der Waals surface area (Å²) < 4.78 is 0. The molecule has 1 fully saturated rings. The normalized spacial score (nSPS) is 21.4. The summed E-state index contributed by atoms with van der Waals surface area (Å²) in [5, 5.41) is 2.88. The molecule has 1 N–H and O–H groups in total. The van der Waals surface area contributed by atoms with Gasteiger partial charge in [0.25, 0.3) is 11.8 Å². The second-order valence-corrected chi connectivity index (χ2v) is 6.43. The first-order chi connectivity index (χ1) is 12.6. The van der Waals surface area contributed by atoms with Gasteiger partial charge in [-0.2, -0.15) is 0 Å². The Balaban J connectivity index is 1.85. The monoisotopic (exact) mass is 349 g/mol. The number of para-hydroxylation sites is 2. The van der Waals surface area contributed by atoms with Crippen molar-refractivity contribution in [3.63, 3.8) is 0 Å². The van der Waals surface area contributed by atoms with Crippen molar-refractivity contribution in [1.82, 2.24) is 4.90 Å². The summed E-state index contributed by atoms with van der Waals surface area (Å²) in [6.07, 6.45) is 0.499. The molecule has 2 aliphatic rings. The Morgan fingerprint density at radius 1 is 1.08 bits per heavy atom. The molecule has 6 nitrogen and oxygen atoms in total. The maximum atomic E-state index is 13.3. The number of hydrogen-bond donors (Lipinski definition) is 1. The Hall–Kier alpha value is -3.15. The third-order valence-electron chi connectivity index (χ3n) is 5.09. The van der Waals surface area contributed by atoms with Gasteiger partial charge >= 0.3 is 0 Å². The summed E-state index contributed by atoms with van der Waals surface area (Å²) in [6, 6.07) is 16.0. The fraction of sp³-hybridized carbons (Fsp3) is 0.250. The molecule has 132 valence electrons. The molecule has 1 atom stereocenters. The molecule has 26 heavy (non-hydrogen) atoms. The number of fused-ring (bicyclic) bond motifs is 3. The van der Waals surface area contributed by atoms with Gasteiger partial charge in [0.2, 0.25) is 11.6 Å². The molecule has 3 amide bonds. The van der Waals surface area contributed by atoms with Crippen LogP contribution in [0, 0.1) is 0 Å². The van der Waals surface area contributed by atoms with Crippen LogP contribution in [-0.2, 0) is 9.59 Å². The van der Waals surface area contributed by atoms with Crippen molar-refractivity contribution >= 4 is 29.1 Å². The predicted octanol–water partition coefficient (Wildman–Crippen LogP) is 2.62. The van der Waals surface area contributed by atoms with Gasteiger partial charge in [-0.05, 0) is 31.2 Å². The molecule has 0 bridgehead atoms. The highest BCUT2D eigenvalue weighted by molar-refractivity contribution is 6.18. The van der Waals surface area contributed by atoms with Gasteiger partial charge in [-0.3, -0.25) is 19.3 Å². The van der Waals surface area contributed by atoms with E-state index in [0.717, 1.165) is 0 Å². The fourth-order valence-corrected chi connectivity index (χ4v) is 3.96. The van der Waals surface area contributed by atoms with Gasteiger partial charge < -0.3 is 10.2 Å². The summed E-state index contributed by atoms with van der Waals surface area (Å²) in [6.45, 7) is 2.16. The lowest BCUT2D eigenvalue weighted by Gasteiger charge is -2.48. The van der Waals surface area contributed by atoms with Crippen LogP contribution in [0.2, 0.25) is 0 Å². The molecule has 0 saturated carbocycles. The van der Waals surface area contributed by atoms with Crippen LogP contribution >= 0.6 is 0 Å². The van der Waals surface area contributed by atoms with Gasteiger partial charge in [0.05, 0.1) is 11.3 Å². The van der Waals surface area contributed by atoms with Crippen LogP contribution in [0.1, 0.15) is 30.1 Å². The van der Waals surface area contributed by atoms with Gasteiger partial charge in [0.1, 0.15) is 0 Å². The molecule has 0 radical (unpaired) electrons. The number of nitrogens with zero attached hydrogens (tertiary/aromatic N) is 2. The maximum Gasteiger partial charge on any atom is 0.271 e. The van der Waals surface area contributed by atoms with Crippen LogP contribution in [0.5, 0.6) is 0 Å². The van der Waals surface area contributed by atoms with Crippen LogP contribution in [0.15, 0.2) is 54.6 Å². The summed E-state index contributed by atoms with van der Waals surface area (Å²) in [4.78, 5) is 42.1. The van der Waals surface area contributed by atoms with Gasteiger partial charge in [-0.1, -0.05) is 30.3 Å². The highest BCUT2D eigenvalue weighted by Gasteiger charge is 2.60. The third kappa shape index (κ3) is 2.15. The molecule has 2 aromatic carbocycles. The number of nitrogens with one attached hydrogen (secondary N) is 1. The number of anilines is 2. The van der Waals surface area contributed by atoms with Crippen molar-refractivity contribution in [2.45, 2.75) is 25.4 Å². The zero-order valence-electron chi connectivity index (χ0n) is 14.4. The van der Waals surface area contributed by atoms with E-state index in [2.05, 4.69) is 5.32 Å². The second kappa shape index (κ2) is 5.98. The molecular formula is C20H19N3O3. The molecule has 6 heteroatoms. The molecule has 2 aliphatic heterocycles. The minimum atomic E-state index is -1.33. The molecular weight excluding hydrogens is 330 g/mol. The van der Waals surface area contributed by atoms with E-state index in [0.29, 0.717) is 23.5 Å². The van der Waals surface area contributed by atoms with Crippen LogP contribution in [0.25, 0.3) is 0 Å². The molecule has 2 heterocycles. The third-order valence-corrected chi connectivity index (χ3v) is 5.09. The first-order valence-corrected chi connectivity index (χ1v) is 8.70. The molecule has 2 aromatic rings. The highest BCUT2D eigenvalue weighted by Crippen LogP contribution is 2.44. The van der Waals surface area contributed by atoms with E-state index >= 15 is 0 Å². The van der Waals surface area contributed by atoms with E-state index in [9.17, 15) is 14.4 Å². The predicted molar refractivity (Wildman–Crippen MR) is 97.7 cm³/mol. The average Bonchev–Trinajstić information content (AvgIpc) is 3.01. The number of rotatable bonds is 3. The quantitative estimate of drug-likeness (QED) is 0.926. The van der Waals surface area contributed by atoms with Crippen molar-refractivity contribution in [3.8, 4) is 0 Å². The molecule has 0 aromatic heterocycles. The Morgan fingerprint density at radius 2 is 1.77 bits per heavy atom. The maximum absolute atomic E-state index is 13.3. The number of amides is 3. The minimum absolute atomic E-state index is 0.147. The zero-order valence-corrected chi connectivity index (χ0v) is 14.4. The summed E-state index contributed by atoms with van der Waals surface area (Å²) >= 11 is 0. The van der Waals surface area contributed by atoms with E-state index in [1.807, 2.05) is 25.1 Å². The number of hydrogen-bond acceptors (Lipinski definition) is 3. The van der Waals surface area contributed by atoms with Crippen molar-refractivity contribution < 1.29 is 14.4 Å². The van der Waals surface area contributed by atoms with Gasteiger partial charge in [-0.25, -0.2) is 0 Å². The Morgan fingerprint density at radius 3 is 2.50 bits per heavy atom. The lowest BCUT2D eigenvalue weighted by atomic mass is 9.95. The number of carbonyl (C=O) groups excluding carboxylic acids is 3. The van der Waals surface area contributed by atoms with Crippen molar-refractivity contribution in [2.24, 2.45) is 0 Å². The molecule has 4 rings (SSSR count). The SMILES string of the molecule is CCN1C(=O)c2ccccc2N2C(=O)CC[C@]12C(=O)Nc1ccccc1. The Kier molecular flexibility index (Phi) is 3.76. The number of carbonyl (C=O) groups is 3. The molecule has 1 saturated heterocycles. The Labute approximate surface area is 151 Å². The minimum Gasteiger partial charge on any atom is -0.322 e. The Bertz CT molecular complexity index is 896. The van der Waals surface area contributed by atoms with Crippen molar-refractivity contribution in [1.29, 1.82) is 0 Å². The van der Waals surface area contributed by atoms with E-state index in [-0.39, 0.29) is 30.6 Å². The van der Waals surface area contributed by atoms with Crippen LogP contribution in [-0.4, -0.2) is 34.8 Å². The topological polar surface area (TPSA) is 69.7 Å². The smallest absolute Gasteiger partial charge is 0.271 e. The summed E-state index contributed by atoms with van der Waals surface area (Å²) in [7, 11) is 0. The average molecular weight is 349 g/mol. The number of likely N-dealkylation sites (N-methyl/N-ethyl adjacent to an activating group) is 1. The summed E-state index contributed by atoms with van der Waals surface area (Å²) in [5.74, 6) is -0.733. The molecule has 0 spiro atoms. The van der Waals surface area contributed by atoms with E-state index in [1.165, 1.54) is 9.80 Å². The van der Waals surface area contributed by atoms with E-state index < -0.39 is 5.66 Å². The number of benzene rings is 2. The summed E-state index contributed by atoms with van der Waals surface area (Å²) in [5.41, 5.74) is 0.266. The highest BCUT2D eigenvalue weighted by atomic mass is 16.2. The van der Waals surface area contributed by atoms with Crippen LogP contribution in [0.4, 0.5) is 11.4 Å². The first-order valence-electron chi connectivity index (χ1n) is 8.70. The van der Waals surface area contributed by atoms with E-state index in [1.54, 1.807) is 36.4 Å². The lowest BCUT2D eigenvalue weighted by Crippen LogP contribution is -2.69. The van der Waals surface area contributed by atoms with Crippen LogP contribution in [0.3, 0.4) is 0 Å². The lowest BCUT2D eigenvalue weighted by molar-refractivity contribution is -0.128. The zero-order chi connectivity index (χ0) is 18.3. The van der Waals surface area contributed by atoms with Crippen LogP contribution < -0.4 is 10.2 Å².